The second kappa shape index (κ2) is 6.79. The van der Waals surface area contributed by atoms with Gasteiger partial charge >= 0.3 is 0 Å². The fourth-order valence-electron chi connectivity index (χ4n) is 1.75. The monoisotopic (exact) mass is 239 g/mol. The Bertz CT molecular complexity index is 284. The smallest absolute Gasteiger partial charge is 0.0920 e. The van der Waals surface area contributed by atoms with Gasteiger partial charge in [-0.15, -0.1) is 0 Å². The summed E-state index contributed by atoms with van der Waals surface area (Å²) in [7, 11) is 0. The second-order valence-electron chi connectivity index (χ2n) is 4.75. The van der Waals surface area contributed by atoms with Crippen LogP contribution in [0.1, 0.15) is 39.5 Å². The van der Waals surface area contributed by atoms with Crippen LogP contribution in [0, 0.1) is 17.2 Å². The Kier molecular flexibility index (Phi) is 5.67. The van der Waals surface area contributed by atoms with Crippen LogP contribution in [0.5, 0.6) is 0 Å². The van der Waals surface area contributed by atoms with Crippen LogP contribution in [0.3, 0.4) is 0 Å². The summed E-state index contributed by atoms with van der Waals surface area (Å²) in [5.41, 5.74) is 0.590. The van der Waals surface area contributed by atoms with Crippen molar-refractivity contribution in [3.63, 3.8) is 0 Å². The molecule has 0 heterocycles. The van der Waals surface area contributed by atoms with Crippen molar-refractivity contribution in [3.8, 4) is 0 Å². The van der Waals surface area contributed by atoms with Gasteiger partial charge in [0, 0.05) is 23.4 Å². The van der Waals surface area contributed by atoms with Crippen molar-refractivity contribution >= 4 is 23.3 Å². The number of ether oxygens (including phenoxy) is 1. The number of thiocarbonyl (C=S) groups is 1. The van der Waals surface area contributed by atoms with Gasteiger partial charge in [-0.3, -0.25) is 0 Å². The van der Waals surface area contributed by atoms with Gasteiger partial charge in [-0.2, -0.15) is 0 Å². The van der Waals surface area contributed by atoms with E-state index >= 15 is 0 Å². The van der Waals surface area contributed by atoms with Crippen LogP contribution >= 0.6 is 12.2 Å². The molecule has 0 amide bonds. The lowest BCUT2D eigenvalue weighted by Gasteiger charge is -2.21. The lowest BCUT2D eigenvalue weighted by atomic mass is 9.90. The normalized spacial score (nSPS) is 20.4. The predicted molar refractivity (Wildman–Crippen MR) is 72.2 cm³/mol. The summed E-state index contributed by atoms with van der Waals surface area (Å²) < 4.78 is 5.71. The molecule has 0 aromatic carbocycles. The molecule has 1 atom stereocenters. The first-order valence-corrected chi connectivity index (χ1v) is 6.46. The van der Waals surface area contributed by atoms with Crippen molar-refractivity contribution < 1.29 is 4.74 Å². The highest BCUT2D eigenvalue weighted by atomic mass is 32.1. The molecule has 3 heteroatoms. The average Bonchev–Trinajstić information content (AvgIpc) is 2.28. The van der Waals surface area contributed by atoms with Crippen LogP contribution in [0.25, 0.3) is 0 Å². The summed E-state index contributed by atoms with van der Waals surface area (Å²) in [5, 5.41) is 9.15. The van der Waals surface area contributed by atoms with Gasteiger partial charge in [-0.1, -0.05) is 26.1 Å². The molecule has 0 saturated carbocycles. The average molecular weight is 239 g/mol. The van der Waals surface area contributed by atoms with Crippen molar-refractivity contribution in [1.82, 2.24) is 0 Å². The van der Waals surface area contributed by atoms with E-state index in [1.54, 1.807) is 0 Å². The standard InChI is InChI=1S/C13H21NOS/c1-10(2)7-8-15-12-5-3-11(4-6-12)13(14)9-16/h5,9-11,14H,3-4,6-8H2,1-2H3. The van der Waals surface area contributed by atoms with Gasteiger partial charge in [0.1, 0.15) is 0 Å². The number of allylic oxidation sites excluding steroid dienone is 2. The molecule has 0 radical (unpaired) electrons. The third-order valence-electron chi connectivity index (χ3n) is 2.92. The fourth-order valence-corrected chi connectivity index (χ4v) is 1.94. The van der Waals surface area contributed by atoms with Crippen LogP contribution < -0.4 is 0 Å². The van der Waals surface area contributed by atoms with Gasteiger partial charge < -0.3 is 10.1 Å². The van der Waals surface area contributed by atoms with Crippen molar-refractivity contribution in [1.29, 1.82) is 5.41 Å². The molecule has 0 fully saturated rings. The molecule has 2 nitrogen and oxygen atoms in total. The molecule has 1 rings (SSSR count). The first kappa shape index (κ1) is 13.4. The zero-order chi connectivity index (χ0) is 12.0. The highest BCUT2D eigenvalue weighted by Gasteiger charge is 2.17. The van der Waals surface area contributed by atoms with E-state index in [0.29, 0.717) is 17.5 Å². The highest BCUT2D eigenvalue weighted by molar-refractivity contribution is 7.80. The van der Waals surface area contributed by atoms with Gasteiger partial charge in [0.15, 0.2) is 0 Å². The van der Waals surface area contributed by atoms with Gasteiger partial charge in [-0.25, -0.2) is 0 Å². The SMILES string of the molecule is CC(C)CCOC1=CCC(C(=N)C=S)CC1. The molecule has 90 valence electrons. The summed E-state index contributed by atoms with van der Waals surface area (Å²) in [6.45, 7) is 5.23. The van der Waals surface area contributed by atoms with Crippen molar-refractivity contribution in [2.45, 2.75) is 39.5 Å². The van der Waals surface area contributed by atoms with Crippen LogP contribution in [-0.2, 0) is 4.74 Å². The number of rotatable bonds is 6. The topological polar surface area (TPSA) is 33.1 Å². The number of hydrogen-bond acceptors (Lipinski definition) is 3. The van der Waals surface area contributed by atoms with E-state index in [2.05, 4.69) is 19.9 Å². The minimum absolute atomic E-state index is 0.315. The Morgan fingerprint density at radius 3 is 2.94 bits per heavy atom. The van der Waals surface area contributed by atoms with E-state index in [1.165, 1.54) is 5.37 Å². The molecule has 1 N–H and O–H groups in total. The maximum Gasteiger partial charge on any atom is 0.0920 e. The third-order valence-corrected chi connectivity index (χ3v) is 3.17. The summed E-state index contributed by atoms with van der Waals surface area (Å²) in [6, 6.07) is 0. The van der Waals surface area contributed by atoms with E-state index in [-0.39, 0.29) is 0 Å². The Morgan fingerprint density at radius 2 is 2.44 bits per heavy atom. The maximum atomic E-state index is 7.66. The molecule has 0 aromatic rings. The molecule has 1 unspecified atom stereocenters. The Balaban J connectivity index is 2.29. The summed E-state index contributed by atoms with van der Waals surface area (Å²) in [4.78, 5) is 0. The van der Waals surface area contributed by atoms with Crippen LogP contribution in [0.4, 0.5) is 0 Å². The van der Waals surface area contributed by atoms with E-state index in [0.717, 1.165) is 38.0 Å². The molecular formula is C13H21NOS. The second-order valence-corrected chi connectivity index (χ2v) is 4.98. The van der Waals surface area contributed by atoms with Crippen LogP contribution in [-0.4, -0.2) is 17.7 Å². The van der Waals surface area contributed by atoms with Crippen molar-refractivity contribution in [2.24, 2.45) is 11.8 Å². The first-order chi connectivity index (χ1) is 7.63. The van der Waals surface area contributed by atoms with E-state index in [9.17, 15) is 0 Å². The highest BCUT2D eigenvalue weighted by Crippen LogP contribution is 2.25. The fraction of sp³-hybridized carbons (Fsp3) is 0.692. The molecule has 1 aliphatic rings. The van der Waals surface area contributed by atoms with E-state index < -0.39 is 0 Å². The lowest BCUT2D eigenvalue weighted by molar-refractivity contribution is 0.178. The van der Waals surface area contributed by atoms with E-state index in [4.69, 9.17) is 22.4 Å². The zero-order valence-electron chi connectivity index (χ0n) is 10.2. The molecule has 1 aliphatic carbocycles. The zero-order valence-corrected chi connectivity index (χ0v) is 11.0. The Labute approximate surface area is 104 Å². The molecule has 0 aliphatic heterocycles. The quantitative estimate of drug-likeness (QED) is 0.565. The largest absolute Gasteiger partial charge is 0.498 e. The molecule has 0 saturated heterocycles. The molecule has 0 aromatic heterocycles. The van der Waals surface area contributed by atoms with Gasteiger partial charge in [0.05, 0.1) is 12.4 Å². The van der Waals surface area contributed by atoms with Crippen LogP contribution in [0.2, 0.25) is 0 Å². The summed E-state index contributed by atoms with van der Waals surface area (Å²) >= 11 is 4.78. The molecule has 0 spiro atoms. The maximum absolute atomic E-state index is 7.66. The Morgan fingerprint density at radius 1 is 1.69 bits per heavy atom. The Hall–Kier alpha value is -0.700. The summed E-state index contributed by atoms with van der Waals surface area (Å²) in [5.74, 6) is 2.11. The van der Waals surface area contributed by atoms with Gasteiger partial charge in [-0.05, 0) is 31.3 Å². The number of nitrogens with one attached hydrogen (secondary N) is 1. The number of hydrogen-bond donors (Lipinski definition) is 1. The van der Waals surface area contributed by atoms with E-state index in [1.807, 2.05) is 0 Å². The minimum Gasteiger partial charge on any atom is -0.498 e. The minimum atomic E-state index is 0.315. The van der Waals surface area contributed by atoms with Crippen LogP contribution in [0.15, 0.2) is 11.8 Å². The predicted octanol–water partition coefficient (Wildman–Crippen LogP) is 3.75. The summed E-state index contributed by atoms with van der Waals surface area (Å²) in [6.07, 6.45) is 6.09. The third kappa shape index (κ3) is 4.44. The van der Waals surface area contributed by atoms with Gasteiger partial charge in [0.2, 0.25) is 0 Å². The molecule has 16 heavy (non-hydrogen) atoms. The molecule has 0 bridgehead atoms. The van der Waals surface area contributed by atoms with Gasteiger partial charge in [0.25, 0.3) is 0 Å². The lowest BCUT2D eigenvalue weighted by Crippen LogP contribution is -2.17. The van der Waals surface area contributed by atoms with Crippen molar-refractivity contribution in [2.75, 3.05) is 6.61 Å². The van der Waals surface area contributed by atoms with Crippen molar-refractivity contribution in [3.05, 3.63) is 11.8 Å². The first-order valence-electron chi connectivity index (χ1n) is 5.99. The molecular weight excluding hydrogens is 218 g/mol.